The Hall–Kier alpha value is -1.43. The second kappa shape index (κ2) is 13.7. The third-order valence-corrected chi connectivity index (χ3v) is 4.90. The summed E-state index contributed by atoms with van der Waals surface area (Å²) in [6.45, 7) is 3.78. The highest BCUT2D eigenvalue weighted by Crippen LogP contribution is 2.34. The molecule has 7 nitrogen and oxygen atoms in total. The summed E-state index contributed by atoms with van der Waals surface area (Å²) in [6, 6.07) is 4.24. The molecular weight excluding hydrogens is 427 g/mol. The molecule has 2 N–H and O–H groups in total. The molecule has 1 heterocycles. The highest BCUT2D eigenvalue weighted by Gasteiger charge is 2.10. The van der Waals surface area contributed by atoms with Crippen molar-refractivity contribution in [2.45, 2.75) is 6.92 Å². The fourth-order valence-corrected chi connectivity index (χ4v) is 2.99. The van der Waals surface area contributed by atoms with Crippen LogP contribution in [0.1, 0.15) is 5.69 Å². The van der Waals surface area contributed by atoms with Crippen LogP contribution >= 0.6 is 35.2 Å². The molecule has 2 rings (SSSR count). The molecule has 0 bridgehead atoms. The van der Waals surface area contributed by atoms with Gasteiger partial charge in [-0.2, -0.15) is 0 Å². The quantitative estimate of drug-likeness (QED) is 0.243. The molecule has 0 aliphatic carbocycles. The number of carbonyl (C=O) groups excluding carboxylic acids is 1. The Labute approximate surface area is 177 Å². The summed E-state index contributed by atoms with van der Waals surface area (Å²) in [5, 5.41) is 4.41. The summed E-state index contributed by atoms with van der Waals surface area (Å²) in [4.78, 5) is 16.1. The van der Waals surface area contributed by atoms with Gasteiger partial charge in [0.1, 0.15) is 24.5 Å². The van der Waals surface area contributed by atoms with E-state index in [1.54, 1.807) is 7.05 Å². The number of benzene rings is 1. The molecule has 0 saturated heterocycles. The van der Waals surface area contributed by atoms with E-state index in [4.69, 9.17) is 20.5 Å². The predicted molar refractivity (Wildman–Crippen MR) is 114 cm³/mol. The summed E-state index contributed by atoms with van der Waals surface area (Å²) >= 11 is 8.17. The van der Waals surface area contributed by atoms with Crippen molar-refractivity contribution in [3.63, 3.8) is 0 Å². The van der Waals surface area contributed by atoms with Crippen molar-refractivity contribution in [2.24, 2.45) is 0 Å². The maximum absolute atomic E-state index is 13.0. The number of aromatic nitrogens is 1. The van der Waals surface area contributed by atoms with Crippen molar-refractivity contribution in [2.75, 3.05) is 46.2 Å². The minimum absolute atomic E-state index is 0.0403. The number of anilines is 1. The molecule has 0 fully saturated rings. The molecular formula is C17H24ClFN4O3S2. The van der Waals surface area contributed by atoms with Gasteiger partial charge in [0, 0.05) is 26.2 Å². The van der Waals surface area contributed by atoms with Gasteiger partial charge in [0.2, 0.25) is 5.06 Å². The normalized spacial score (nSPS) is 10.4. The minimum Gasteiger partial charge on any atom is -0.445 e. The van der Waals surface area contributed by atoms with E-state index in [0.29, 0.717) is 10.8 Å². The lowest BCUT2D eigenvalue weighted by Crippen LogP contribution is -2.22. The summed E-state index contributed by atoms with van der Waals surface area (Å²) in [6.07, 6.45) is 0.723. The first-order valence-corrected chi connectivity index (χ1v) is 10.2. The Morgan fingerprint density at radius 2 is 2.18 bits per heavy atom. The van der Waals surface area contributed by atoms with Crippen molar-refractivity contribution < 1.29 is 18.1 Å². The van der Waals surface area contributed by atoms with Crippen LogP contribution in [0, 0.1) is 12.7 Å². The van der Waals surface area contributed by atoms with Gasteiger partial charge in [-0.05, 0) is 33.2 Å². The van der Waals surface area contributed by atoms with Gasteiger partial charge in [-0.1, -0.05) is 22.9 Å². The summed E-state index contributed by atoms with van der Waals surface area (Å²) in [5.41, 5.74) is 0.778. The monoisotopic (exact) mass is 450 g/mol. The number of halogens is 2. The van der Waals surface area contributed by atoms with Gasteiger partial charge >= 0.3 is 0 Å². The van der Waals surface area contributed by atoms with Crippen LogP contribution < -0.4 is 14.8 Å². The smallest absolute Gasteiger partial charge is 0.205 e. The standard InChI is InChI=1S/C11H10ClFN2OS.C6H14N2O2S/c1-6-10(17-11(14-2)15-6)16-7-3-4-9(13)8(12)5-7;1-8(2)4-3-7-11-10-6-5-9/h3-5H,1-2H3,(H,14,15);5,7H,3-4,6H2,1-2H3. The topological polar surface area (TPSA) is 75.7 Å². The average molecular weight is 451 g/mol. The predicted octanol–water partition coefficient (Wildman–Crippen LogP) is 3.99. The van der Waals surface area contributed by atoms with E-state index in [-0.39, 0.29) is 11.6 Å². The molecule has 2 aromatic rings. The number of nitrogens with zero attached hydrogens (tertiary/aromatic N) is 2. The van der Waals surface area contributed by atoms with Crippen LogP contribution in [0.2, 0.25) is 5.02 Å². The first kappa shape index (κ1) is 24.6. The third-order valence-electron chi connectivity index (χ3n) is 2.98. The van der Waals surface area contributed by atoms with E-state index < -0.39 is 5.82 Å². The summed E-state index contributed by atoms with van der Waals surface area (Å²) in [5.74, 6) is 0.0294. The first-order valence-electron chi connectivity index (χ1n) is 8.25. The second-order valence-electron chi connectivity index (χ2n) is 5.55. The number of aldehydes is 1. The van der Waals surface area contributed by atoms with Gasteiger partial charge in [0.25, 0.3) is 0 Å². The molecule has 0 spiro atoms. The molecule has 0 unspecified atom stereocenters. The van der Waals surface area contributed by atoms with Crippen LogP contribution in [0.4, 0.5) is 9.52 Å². The number of aryl methyl sites for hydroxylation is 1. The number of hydrogen-bond donors (Lipinski definition) is 2. The Morgan fingerprint density at radius 1 is 1.43 bits per heavy atom. The lowest BCUT2D eigenvalue weighted by molar-refractivity contribution is -0.109. The fourth-order valence-electron chi connectivity index (χ4n) is 1.65. The van der Waals surface area contributed by atoms with Crippen molar-refractivity contribution in [1.29, 1.82) is 0 Å². The number of likely N-dealkylation sites (N-methyl/N-ethyl adjacent to an activating group) is 1. The van der Waals surface area contributed by atoms with Crippen LogP contribution in [-0.4, -0.2) is 57.0 Å². The number of rotatable bonds is 10. The van der Waals surface area contributed by atoms with E-state index in [1.165, 1.54) is 29.5 Å². The number of nitrogens with one attached hydrogen (secondary N) is 2. The zero-order valence-corrected chi connectivity index (χ0v) is 18.5. The van der Waals surface area contributed by atoms with Crippen molar-refractivity contribution in [1.82, 2.24) is 14.6 Å². The van der Waals surface area contributed by atoms with E-state index in [2.05, 4.69) is 19.9 Å². The Bertz CT molecular complexity index is 734. The molecule has 0 amide bonds. The average Bonchev–Trinajstić information content (AvgIpc) is 3.01. The summed E-state index contributed by atoms with van der Waals surface area (Å²) < 4.78 is 26.3. The van der Waals surface area contributed by atoms with Crippen LogP contribution in [0.3, 0.4) is 0 Å². The van der Waals surface area contributed by atoms with Gasteiger partial charge in [-0.3, -0.25) is 4.18 Å². The second-order valence-corrected chi connectivity index (χ2v) is 7.61. The Morgan fingerprint density at radius 3 is 2.75 bits per heavy atom. The molecule has 0 aliphatic rings. The van der Waals surface area contributed by atoms with Crippen molar-refractivity contribution >= 4 is 46.6 Å². The van der Waals surface area contributed by atoms with E-state index >= 15 is 0 Å². The van der Waals surface area contributed by atoms with Crippen molar-refractivity contribution in [3.05, 3.63) is 34.7 Å². The molecule has 0 atom stereocenters. The molecule has 11 heteroatoms. The zero-order valence-electron chi connectivity index (χ0n) is 16.1. The van der Waals surface area contributed by atoms with Crippen LogP contribution in [0.5, 0.6) is 10.8 Å². The molecule has 156 valence electrons. The van der Waals surface area contributed by atoms with Crippen LogP contribution in [0.15, 0.2) is 18.2 Å². The molecule has 0 aliphatic heterocycles. The van der Waals surface area contributed by atoms with Crippen molar-refractivity contribution in [3.8, 4) is 10.8 Å². The zero-order chi connectivity index (χ0) is 20.9. The number of ether oxygens (including phenoxy) is 1. The fraction of sp³-hybridized carbons (Fsp3) is 0.412. The lowest BCUT2D eigenvalue weighted by atomic mass is 10.3. The largest absolute Gasteiger partial charge is 0.445 e. The van der Waals surface area contributed by atoms with Gasteiger partial charge in [0.05, 0.1) is 22.9 Å². The summed E-state index contributed by atoms with van der Waals surface area (Å²) in [7, 11) is 5.79. The maximum atomic E-state index is 13.0. The molecule has 1 aromatic carbocycles. The van der Waals surface area contributed by atoms with Gasteiger partial charge in [-0.25, -0.2) is 14.1 Å². The van der Waals surface area contributed by atoms with E-state index in [9.17, 15) is 9.18 Å². The van der Waals surface area contributed by atoms with Gasteiger partial charge in [-0.15, -0.1) is 0 Å². The molecule has 0 radical (unpaired) electrons. The highest BCUT2D eigenvalue weighted by atomic mass is 35.5. The highest BCUT2D eigenvalue weighted by molar-refractivity contribution is 7.92. The van der Waals surface area contributed by atoms with Gasteiger partial charge < -0.3 is 19.7 Å². The van der Waals surface area contributed by atoms with E-state index in [1.807, 2.05) is 21.0 Å². The molecule has 1 aromatic heterocycles. The number of thiazole rings is 1. The number of carbonyl (C=O) groups is 1. The first-order chi connectivity index (χ1) is 13.4. The lowest BCUT2D eigenvalue weighted by Gasteiger charge is -2.08. The SMILES string of the molecule is CN(C)CCNSOCC=O.CNc1nc(C)c(Oc2ccc(F)c(Cl)c2)s1. The Kier molecular flexibility index (Phi) is 12.0. The third kappa shape index (κ3) is 9.67. The number of hydrogen-bond acceptors (Lipinski definition) is 9. The maximum Gasteiger partial charge on any atom is 0.205 e. The van der Waals surface area contributed by atoms with E-state index in [0.717, 1.165) is 42.4 Å². The minimum atomic E-state index is -0.462. The molecule has 0 saturated carbocycles. The Balaban J connectivity index is 0.000000311. The van der Waals surface area contributed by atoms with Crippen LogP contribution in [-0.2, 0) is 8.98 Å². The van der Waals surface area contributed by atoms with Gasteiger partial charge in [0.15, 0.2) is 5.13 Å². The van der Waals surface area contributed by atoms with Crippen LogP contribution in [0.25, 0.3) is 0 Å². The molecule has 28 heavy (non-hydrogen) atoms.